The van der Waals surface area contributed by atoms with Gasteiger partial charge in [0.15, 0.2) is 0 Å². The predicted molar refractivity (Wildman–Crippen MR) is 89.9 cm³/mol. The molecule has 0 radical (unpaired) electrons. The summed E-state index contributed by atoms with van der Waals surface area (Å²) in [5.41, 5.74) is 2.50. The molecule has 0 fully saturated rings. The molecule has 2 aromatic carbocycles. The molecule has 1 atom stereocenters. The fourth-order valence-corrected chi connectivity index (χ4v) is 2.47. The van der Waals surface area contributed by atoms with Crippen LogP contribution in [0.5, 0.6) is 0 Å². The van der Waals surface area contributed by atoms with Crippen molar-refractivity contribution in [3.8, 4) is 11.1 Å². The maximum absolute atomic E-state index is 13.0. The van der Waals surface area contributed by atoms with Gasteiger partial charge in [-0.15, -0.1) is 0 Å². The van der Waals surface area contributed by atoms with E-state index >= 15 is 0 Å². The van der Waals surface area contributed by atoms with Gasteiger partial charge in [-0.05, 0) is 49.2 Å². The minimum absolute atomic E-state index is 0.00689. The van der Waals surface area contributed by atoms with E-state index in [0.29, 0.717) is 18.7 Å². The van der Waals surface area contributed by atoms with Crippen LogP contribution in [0.3, 0.4) is 0 Å². The molecule has 0 spiro atoms. The number of carbonyl (C=O) groups is 1. The third-order valence-electron chi connectivity index (χ3n) is 3.64. The van der Waals surface area contributed by atoms with Crippen molar-refractivity contribution in [1.29, 1.82) is 0 Å². The molecule has 0 bridgehead atoms. The van der Waals surface area contributed by atoms with E-state index in [1.807, 2.05) is 26.0 Å². The number of amides is 1. The fraction of sp³-hybridized carbons (Fsp3) is 0.316. The third-order valence-corrected chi connectivity index (χ3v) is 3.64. The average molecular weight is 315 g/mol. The van der Waals surface area contributed by atoms with Crippen LogP contribution in [0.4, 0.5) is 4.39 Å². The van der Waals surface area contributed by atoms with Gasteiger partial charge >= 0.3 is 0 Å². The summed E-state index contributed by atoms with van der Waals surface area (Å²) in [5.74, 6) is -0.298. The quantitative estimate of drug-likeness (QED) is 0.806. The Labute approximate surface area is 136 Å². The van der Waals surface area contributed by atoms with Crippen LogP contribution in [0.25, 0.3) is 11.1 Å². The van der Waals surface area contributed by atoms with Gasteiger partial charge in [-0.3, -0.25) is 4.79 Å². The minimum Gasteiger partial charge on any atom is -0.377 e. The molecule has 2 aromatic rings. The van der Waals surface area contributed by atoms with E-state index in [1.165, 1.54) is 12.1 Å². The Hall–Kier alpha value is -2.20. The van der Waals surface area contributed by atoms with Gasteiger partial charge in [-0.25, -0.2) is 4.39 Å². The monoisotopic (exact) mass is 315 g/mol. The Morgan fingerprint density at radius 2 is 1.61 bits per heavy atom. The van der Waals surface area contributed by atoms with Gasteiger partial charge in [0.25, 0.3) is 5.91 Å². The maximum Gasteiger partial charge on any atom is 0.253 e. The number of hydrogen-bond acceptors (Lipinski definition) is 2. The maximum atomic E-state index is 13.0. The number of hydrogen-bond donors (Lipinski definition) is 0. The smallest absolute Gasteiger partial charge is 0.253 e. The van der Waals surface area contributed by atoms with Crippen molar-refractivity contribution in [2.45, 2.75) is 20.0 Å². The van der Waals surface area contributed by atoms with Crippen molar-refractivity contribution in [2.24, 2.45) is 0 Å². The van der Waals surface area contributed by atoms with Gasteiger partial charge in [0.05, 0.1) is 6.10 Å². The van der Waals surface area contributed by atoms with Crippen LogP contribution < -0.4 is 0 Å². The third kappa shape index (κ3) is 4.63. The second-order valence-electron chi connectivity index (χ2n) is 5.54. The largest absolute Gasteiger partial charge is 0.377 e. The van der Waals surface area contributed by atoms with Gasteiger partial charge in [0.2, 0.25) is 0 Å². The number of ether oxygens (including phenoxy) is 1. The van der Waals surface area contributed by atoms with Gasteiger partial charge in [0.1, 0.15) is 5.82 Å². The molecule has 2 rings (SSSR count). The topological polar surface area (TPSA) is 29.5 Å². The Morgan fingerprint density at radius 3 is 2.13 bits per heavy atom. The summed E-state index contributed by atoms with van der Waals surface area (Å²) in [4.78, 5) is 14.1. The first-order chi connectivity index (χ1) is 11.0. The Morgan fingerprint density at radius 1 is 1.09 bits per heavy atom. The molecular weight excluding hydrogens is 293 g/mol. The first-order valence-electron chi connectivity index (χ1n) is 7.74. The van der Waals surface area contributed by atoms with Crippen LogP contribution in [-0.2, 0) is 4.74 Å². The Balaban J connectivity index is 2.06. The molecule has 0 aliphatic carbocycles. The fourth-order valence-electron chi connectivity index (χ4n) is 2.47. The molecule has 0 aromatic heterocycles. The molecule has 0 unspecified atom stereocenters. The normalized spacial score (nSPS) is 12.0. The number of rotatable bonds is 6. The zero-order valence-electron chi connectivity index (χ0n) is 13.8. The average Bonchev–Trinajstić information content (AvgIpc) is 2.55. The zero-order chi connectivity index (χ0) is 16.8. The molecule has 0 aliphatic heterocycles. The highest BCUT2D eigenvalue weighted by Crippen LogP contribution is 2.20. The second-order valence-corrected chi connectivity index (χ2v) is 5.54. The highest BCUT2D eigenvalue weighted by atomic mass is 19.1. The Kier molecular flexibility index (Phi) is 5.88. The molecule has 122 valence electrons. The Bertz CT molecular complexity index is 637. The van der Waals surface area contributed by atoms with E-state index in [-0.39, 0.29) is 17.8 Å². The van der Waals surface area contributed by atoms with Gasteiger partial charge < -0.3 is 9.64 Å². The van der Waals surface area contributed by atoms with Crippen molar-refractivity contribution in [2.75, 3.05) is 20.2 Å². The van der Waals surface area contributed by atoms with Gasteiger partial charge in [-0.1, -0.05) is 24.3 Å². The van der Waals surface area contributed by atoms with Crippen LogP contribution >= 0.6 is 0 Å². The van der Waals surface area contributed by atoms with Crippen molar-refractivity contribution in [3.05, 3.63) is 59.9 Å². The van der Waals surface area contributed by atoms with Crippen LogP contribution in [-0.4, -0.2) is 37.1 Å². The lowest BCUT2D eigenvalue weighted by Gasteiger charge is -2.21. The number of likely N-dealkylation sites (N-methyl/N-ethyl adjacent to an activating group) is 1. The van der Waals surface area contributed by atoms with E-state index in [1.54, 1.807) is 36.2 Å². The number of nitrogens with zero attached hydrogens (tertiary/aromatic N) is 1. The van der Waals surface area contributed by atoms with Crippen LogP contribution in [0, 0.1) is 5.82 Å². The van der Waals surface area contributed by atoms with Gasteiger partial charge in [-0.2, -0.15) is 0 Å². The first-order valence-corrected chi connectivity index (χ1v) is 7.74. The van der Waals surface area contributed by atoms with Crippen LogP contribution in [0.1, 0.15) is 24.2 Å². The van der Waals surface area contributed by atoms with E-state index in [9.17, 15) is 9.18 Å². The van der Waals surface area contributed by atoms with Crippen molar-refractivity contribution in [1.82, 2.24) is 4.90 Å². The molecule has 0 saturated carbocycles. The highest BCUT2D eigenvalue weighted by Gasteiger charge is 2.14. The number of benzene rings is 2. The summed E-state index contributed by atoms with van der Waals surface area (Å²) in [6.45, 7) is 5.07. The van der Waals surface area contributed by atoms with Crippen molar-refractivity contribution in [3.63, 3.8) is 0 Å². The summed E-state index contributed by atoms with van der Waals surface area (Å²) in [6, 6.07) is 13.6. The molecule has 23 heavy (non-hydrogen) atoms. The number of halogens is 1. The predicted octanol–water partition coefficient (Wildman–Crippen LogP) is 3.99. The summed E-state index contributed by atoms with van der Waals surface area (Å²) < 4.78 is 18.4. The summed E-state index contributed by atoms with van der Waals surface area (Å²) in [5, 5.41) is 0. The van der Waals surface area contributed by atoms with Crippen molar-refractivity contribution < 1.29 is 13.9 Å². The van der Waals surface area contributed by atoms with E-state index in [4.69, 9.17) is 4.74 Å². The molecule has 3 nitrogen and oxygen atoms in total. The molecular formula is C19H22FNO2. The van der Waals surface area contributed by atoms with Crippen molar-refractivity contribution >= 4 is 5.91 Å². The van der Waals surface area contributed by atoms with Crippen LogP contribution in [0.15, 0.2) is 48.5 Å². The standard InChI is InChI=1S/C19H22FNO2/c1-4-23-14(2)13-21(3)19(22)17-7-5-15(6-8-17)16-9-11-18(20)12-10-16/h5-12,14H,4,13H2,1-3H3/t14-/m0/s1. The first kappa shape index (κ1) is 17.2. The summed E-state index contributed by atoms with van der Waals surface area (Å²) in [7, 11) is 1.77. The minimum atomic E-state index is -0.259. The highest BCUT2D eigenvalue weighted by molar-refractivity contribution is 5.94. The van der Waals surface area contributed by atoms with Crippen LogP contribution in [0.2, 0.25) is 0 Å². The molecule has 0 heterocycles. The lowest BCUT2D eigenvalue weighted by atomic mass is 10.0. The molecule has 4 heteroatoms. The molecule has 0 N–H and O–H groups in total. The summed E-state index contributed by atoms with van der Waals surface area (Å²) >= 11 is 0. The van der Waals surface area contributed by atoms with E-state index in [0.717, 1.165) is 11.1 Å². The lowest BCUT2D eigenvalue weighted by molar-refractivity contribution is 0.0436. The SMILES string of the molecule is CCO[C@@H](C)CN(C)C(=O)c1ccc(-c2ccc(F)cc2)cc1. The zero-order valence-corrected chi connectivity index (χ0v) is 13.8. The molecule has 0 saturated heterocycles. The molecule has 1 amide bonds. The second kappa shape index (κ2) is 7.88. The number of carbonyl (C=O) groups excluding carboxylic acids is 1. The molecule has 0 aliphatic rings. The van der Waals surface area contributed by atoms with E-state index < -0.39 is 0 Å². The van der Waals surface area contributed by atoms with Gasteiger partial charge in [0, 0.05) is 25.8 Å². The summed E-state index contributed by atoms with van der Waals surface area (Å²) in [6.07, 6.45) is 0.00689. The lowest BCUT2D eigenvalue weighted by Crippen LogP contribution is -2.34. The van der Waals surface area contributed by atoms with E-state index in [2.05, 4.69) is 0 Å².